The zero-order valence-corrected chi connectivity index (χ0v) is 23.3. The van der Waals surface area contributed by atoms with Gasteiger partial charge >= 0.3 is 0 Å². The summed E-state index contributed by atoms with van der Waals surface area (Å²) in [5.41, 5.74) is 9.01. The fraction of sp³-hybridized carbons (Fsp3) is 0.581. The van der Waals surface area contributed by atoms with E-state index in [1.54, 1.807) is 29.4 Å². The number of pyridine rings is 1. The summed E-state index contributed by atoms with van der Waals surface area (Å²) in [5, 5.41) is 3.23. The van der Waals surface area contributed by atoms with Crippen LogP contribution in [0.25, 0.3) is 0 Å². The van der Waals surface area contributed by atoms with E-state index >= 15 is 0 Å². The topological polar surface area (TPSA) is 91.6 Å². The van der Waals surface area contributed by atoms with Crippen LogP contribution in [-0.2, 0) is 11.3 Å². The van der Waals surface area contributed by atoms with Crippen LogP contribution in [0.5, 0.6) is 0 Å². The van der Waals surface area contributed by atoms with Gasteiger partial charge in [0.15, 0.2) is 0 Å². The lowest BCUT2D eigenvalue weighted by Crippen LogP contribution is -2.47. The van der Waals surface area contributed by atoms with Crippen LogP contribution in [-0.4, -0.2) is 64.9 Å². The Morgan fingerprint density at radius 2 is 1.92 bits per heavy atom. The number of carbonyl (C=O) groups excluding carboxylic acids is 2. The molecule has 1 aliphatic heterocycles. The van der Waals surface area contributed by atoms with Crippen molar-refractivity contribution in [3.8, 4) is 0 Å². The van der Waals surface area contributed by atoms with Crippen molar-refractivity contribution in [2.75, 3.05) is 26.2 Å². The standard InChI is InChI=1S/C31H45N5O2/c1-22(2)19-35(20-27-11-5-4-8-23(27)3)28-15-29(36(21-28)31(38)26-12-7-13-33-18-26)30(37)34-17-25-10-6-9-24(14-25)16-32/h4-5,7-8,11-13,18,22,24-25,28-29H,6,9-10,14-17,19-21,32H2,1-3H3,(H,34,37). The summed E-state index contributed by atoms with van der Waals surface area (Å²) in [5.74, 6) is 1.31. The van der Waals surface area contributed by atoms with E-state index in [4.69, 9.17) is 5.73 Å². The van der Waals surface area contributed by atoms with Crippen molar-refractivity contribution < 1.29 is 9.59 Å². The molecule has 2 amide bonds. The number of hydrogen-bond acceptors (Lipinski definition) is 5. The second-order valence-electron chi connectivity index (χ2n) is 11.7. The molecule has 4 rings (SSSR count). The summed E-state index contributed by atoms with van der Waals surface area (Å²) < 4.78 is 0. The Hall–Kier alpha value is -2.77. The predicted octanol–water partition coefficient (Wildman–Crippen LogP) is 4.01. The van der Waals surface area contributed by atoms with Gasteiger partial charge in [0.1, 0.15) is 6.04 Å². The summed E-state index contributed by atoms with van der Waals surface area (Å²) in [7, 11) is 0. The van der Waals surface area contributed by atoms with Crippen molar-refractivity contribution in [2.45, 2.75) is 71.5 Å². The average Bonchev–Trinajstić information content (AvgIpc) is 3.38. The number of nitrogens with zero attached hydrogens (tertiary/aromatic N) is 3. The van der Waals surface area contributed by atoms with Gasteiger partial charge in [-0.25, -0.2) is 0 Å². The highest BCUT2D eigenvalue weighted by atomic mass is 16.2. The van der Waals surface area contributed by atoms with Gasteiger partial charge in [0.2, 0.25) is 5.91 Å². The van der Waals surface area contributed by atoms with Crippen LogP contribution >= 0.6 is 0 Å². The number of rotatable bonds is 10. The van der Waals surface area contributed by atoms with Crippen molar-refractivity contribution in [3.05, 3.63) is 65.5 Å². The van der Waals surface area contributed by atoms with E-state index in [0.717, 1.165) is 25.9 Å². The Kier molecular flexibility index (Phi) is 9.91. The highest BCUT2D eigenvalue weighted by Crippen LogP contribution is 2.29. The number of benzene rings is 1. The first-order valence-electron chi connectivity index (χ1n) is 14.3. The maximum Gasteiger partial charge on any atom is 0.256 e. The van der Waals surface area contributed by atoms with Gasteiger partial charge in [0, 0.05) is 44.6 Å². The minimum atomic E-state index is -0.492. The maximum absolute atomic E-state index is 13.6. The number of amides is 2. The molecule has 4 atom stereocenters. The molecule has 1 aromatic carbocycles. The Bertz CT molecular complexity index is 1060. The van der Waals surface area contributed by atoms with Crippen LogP contribution in [0.3, 0.4) is 0 Å². The SMILES string of the molecule is Cc1ccccc1CN(CC(C)C)C1CC(C(=O)NCC2CCCC(CN)C2)N(C(=O)c2cccnc2)C1. The molecule has 2 fully saturated rings. The van der Waals surface area contributed by atoms with Crippen LogP contribution in [0, 0.1) is 24.7 Å². The Balaban J connectivity index is 1.52. The highest BCUT2D eigenvalue weighted by Gasteiger charge is 2.42. The van der Waals surface area contributed by atoms with E-state index < -0.39 is 6.04 Å². The van der Waals surface area contributed by atoms with Crippen molar-refractivity contribution >= 4 is 11.8 Å². The van der Waals surface area contributed by atoms with E-state index in [-0.39, 0.29) is 17.9 Å². The molecule has 3 N–H and O–H groups in total. The third-order valence-electron chi connectivity index (χ3n) is 8.29. The van der Waals surface area contributed by atoms with Crippen molar-refractivity contribution in [1.29, 1.82) is 0 Å². The molecule has 0 spiro atoms. The fourth-order valence-electron chi connectivity index (χ4n) is 6.19. The molecule has 1 saturated carbocycles. The molecule has 1 saturated heterocycles. The molecule has 0 radical (unpaired) electrons. The zero-order valence-electron chi connectivity index (χ0n) is 23.3. The Morgan fingerprint density at radius 1 is 1.13 bits per heavy atom. The van der Waals surface area contributed by atoms with E-state index in [0.29, 0.717) is 49.4 Å². The molecule has 2 aromatic rings. The van der Waals surface area contributed by atoms with Gasteiger partial charge in [-0.2, -0.15) is 0 Å². The van der Waals surface area contributed by atoms with Crippen molar-refractivity contribution in [3.63, 3.8) is 0 Å². The lowest BCUT2D eigenvalue weighted by atomic mass is 9.81. The van der Waals surface area contributed by atoms with Gasteiger partial charge < -0.3 is 16.0 Å². The molecule has 0 bridgehead atoms. The molecular weight excluding hydrogens is 474 g/mol. The monoisotopic (exact) mass is 519 g/mol. The normalized spacial score (nSPS) is 23.7. The summed E-state index contributed by atoms with van der Waals surface area (Å²) in [4.78, 5) is 35.7. The molecule has 7 heteroatoms. The highest BCUT2D eigenvalue weighted by molar-refractivity contribution is 5.97. The van der Waals surface area contributed by atoms with E-state index in [1.165, 1.54) is 24.0 Å². The number of nitrogens with two attached hydrogens (primary N) is 1. The van der Waals surface area contributed by atoms with E-state index in [9.17, 15) is 9.59 Å². The molecule has 2 aliphatic rings. The van der Waals surface area contributed by atoms with Crippen LogP contribution in [0.4, 0.5) is 0 Å². The van der Waals surface area contributed by atoms with Crippen LogP contribution < -0.4 is 11.1 Å². The van der Waals surface area contributed by atoms with Crippen molar-refractivity contribution in [2.24, 2.45) is 23.5 Å². The summed E-state index contributed by atoms with van der Waals surface area (Å²) in [6.07, 6.45) is 8.44. The van der Waals surface area contributed by atoms with Gasteiger partial charge in [0.05, 0.1) is 5.56 Å². The Labute approximate surface area is 228 Å². The molecule has 206 valence electrons. The van der Waals surface area contributed by atoms with Crippen LogP contribution in [0.1, 0.15) is 67.4 Å². The average molecular weight is 520 g/mol. The minimum absolute atomic E-state index is 0.0417. The first-order chi connectivity index (χ1) is 18.4. The fourth-order valence-corrected chi connectivity index (χ4v) is 6.19. The minimum Gasteiger partial charge on any atom is -0.354 e. The zero-order chi connectivity index (χ0) is 27.1. The van der Waals surface area contributed by atoms with E-state index in [2.05, 4.69) is 60.2 Å². The van der Waals surface area contributed by atoms with Crippen LogP contribution in [0.15, 0.2) is 48.8 Å². The van der Waals surface area contributed by atoms with Crippen molar-refractivity contribution in [1.82, 2.24) is 20.1 Å². The molecular formula is C31H45N5O2. The largest absolute Gasteiger partial charge is 0.354 e. The number of likely N-dealkylation sites (tertiary alicyclic amines) is 1. The second kappa shape index (κ2) is 13.3. The predicted molar refractivity (Wildman–Crippen MR) is 151 cm³/mol. The molecule has 1 aromatic heterocycles. The summed E-state index contributed by atoms with van der Waals surface area (Å²) in [6.45, 7) is 10.2. The lowest BCUT2D eigenvalue weighted by Gasteiger charge is -2.31. The molecule has 4 unspecified atom stereocenters. The number of nitrogens with one attached hydrogen (secondary N) is 1. The molecule has 2 heterocycles. The first kappa shape index (κ1) is 28.2. The summed E-state index contributed by atoms with van der Waals surface area (Å²) >= 11 is 0. The molecule has 7 nitrogen and oxygen atoms in total. The summed E-state index contributed by atoms with van der Waals surface area (Å²) in [6, 6.07) is 11.6. The number of hydrogen-bond donors (Lipinski definition) is 2. The third kappa shape index (κ3) is 7.20. The number of aryl methyl sites for hydroxylation is 1. The van der Waals surface area contributed by atoms with Gasteiger partial charge in [-0.3, -0.25) is 19.5 Å². The van der Waals surface area contributed by atoms with E-state index in [1.807, 2.05) is 0 Å². The van der Waals surface area contributed by atoms with Crippen LogP contribution in [0.2, 0.25) is 0 Å². The van der Waals surface area contributed by atoms with Gasteiger partial charge in [-0.05, 0) is 80.2 Å². The molecule has 38 heavy (non-hydrogen) atoms. The second-order valence-corrected chi connectivity index (χ2v) is 11.7. The number of aromatic nitrogens is 1. The number of carbonyl (C=O) groups is 2. The van der Waals surface area contributed by atoms with Gasteiger partial charge in [-0.15, -0.1) is 0 Å². The van der Waals surface area contributed by atoms with Gasteiger partial charge in [-0.1, -0.05) is 44.5 Å². The smallest absolute Gasteiger partial charge is 0.256 e. The third-order valence-corrected chi connectivity index (χ3v) is 8.29. The van der Waals surface area contributed by atoms with Gasteiger partial charge in [0.25, 0.3) is 5.91 Å². The lowest BCUT2D eigenvalue weighted by molar-refractivity contribution is -0.125. The Morgan fingerprint density at radius 3 is 2.63 bits per heavy atom. The molecule has 1 aliphatic carbocycles. The maximum atomic E-state index is 13.6. The quantitative estimate of drug-likeness (QED) is 0.495. The first-order valence-corrected chi connectivity index (χ1v) is 14.3.